The summed E-state index contributed by atoms with van der Waals surface area (Å²) >= 11 is 3.75. The number of rotatable bonds is 8. The van der Waals surface area contributed by atoms with E-state index in [1.165, 1.54) is 11.1 Å². The van der Waals surface area contributed by atoms with Crippen LogP contribution in [0.5, 0.6) is 0 Å². The molecule has 3 aliphatic rings. The number of nitrogens with zero attached hydrogens (tertiary/aromatic N) is 3. The van der Waals surface area contributed by atoms with Crippen LogP contribution in [0.2, 0.25) is 0 Å². The third kappa shape index (κ3) is 4.27. The van der Waals surface area contributed by atoms with Gasteiger partial charge in [-0.05, 0) is 72.2 Å². The Balaban J connectivity index is 1.69. The molecule has 1 aromatic carbocycles. The van der Waals surface area contributed by atoms with Gasteiger partial charge in [-0.1, -0.05) is 13.0 Å². The van der Waals surface area contributed by atoms with Gasteiger partial charge in [-0.3, -0.25) is 4.79 Å². The first-order valence-electron chi connectivity index (χ1n) is 11.1. The standard InChI is InChI=1S/C23H31BrN4O3/c1-4-18-21(22(30)31-13-16-5-6-16)28-10-9-27(23(28)26(18)8-7-19(25)29)20-15(3)11-14(2)12-17(20)24/h11-12,16,23H,4-10,13H2,1-3H3,(H2,25,29). The first kappa shape index (κ1) is 22.0. The van der Waals surface area contributed by atoms with E-state index in [1.807, 2.05) is 6.92 Å². The van der Waals surface area contributed by atoms with Gasteiger partial charge in [0, 0.05) is 36.2 Å². The minimum Gasteiger partial charge on any atom is -0.461 e. The molecule has 0 spiro atoms. The van der Waals surface area contributed by atoms with E-state index in [0.717, 1.165) is 41.8 Å². The number of nitrogens with two attached hydrogens (primary N) is 1. The molecule has 1 atom stereocenters. The number of primary amides is 1. The van der Waals surface area contributed by atoms with Gasteiger partial charge in [0.05, 0.1) is 12.3 Å². The number of hydrogen-bond donors (Lipinski definition) is 1. The van der Waals surface area contributed by atoms with E-state index in [1.54, 1.807) is 0 Å². The number of allylic oxidation sites excluding steroid dienone is 1. The van der Waals surface area contributed by atoms with Gasteiger partial charge in [0.1, 0.15) is 5.70 Å². The Hall–Kier alpha value is -2.22. The smallest absolute Gasteiger partial charge is 0.356 e. The molecule has 1 aromatic rings. The maximum Gasteiger partial charge on any atom is 0.356 e. The molecule has 7 nitrogen and oxygen atoms in total. The van der Waals surface area contributed by atoms with Crippen molar-refractivity contribution in [1.82, 2.24) is 9.80 Å². The zero-order chi connectivity index (χ0) is 22.3. The Labute approximate surface area is 192 Å². The summed E-state index contributed by atoms with van der Waals surface area (Å²) < 4.78 is 6.72. The molecule has 168 valence electrons. The van der Waals surface area contributed by atoms with Crippen LogP contribution < -0.4 is 10.6 Å². The van der Waals surface area contributed by atoms with E-state index >= 15 is 0 Å². The zero-order valence-electron chi connectivity index (χ0n) is 18.5. The van der Waals surface area contributed by atoms with Crippen LogP contribution in [0.15, 0.2) is 28.0 Å². The molecule has 0 bridgehead atoms. The van der Waals surface area contributed by atoms with Crippen molar-refractivity contribution in [3.63, 3.8) is 0 Å². The summed E-state index contributed by atoms with van der Waals surface area (Å²) in [6.07, 6.45) is 3.02. The van der Waals surface area contributed by atoms with Gasteiger partial charge >= 0.3 is 5.97 Å². The van der Waals surface area contributed by atoms with Gasteiger partial charge in [-0.25, -0.2) is 4.79 Å². The molecule has 1 aliphatic carbocycles. The number of fused-ring (bicyclic) bond motifs is 1. The number of carbonyl (C=O) groups excluding carboxylic acids is 2. The molecule has 2 N–H and O–H groups in total. The molecule has 1 unspecified atom stereocenters. The Bertz CT molecular complexity index is 904. The topological polar surface area (TPSA) is 79.1 Å². The van der Waals surface area contributed by atoms with E-state index < -0.39 is 0 Å². The number of anilines is 1. The molecule has 2 aliphatic heterocycles. The van der Waals surface area contributed by atoms with Crippen LogP contribution in [0.3, 0.4) is 0 Å². The summed E-state index contributed by atoms with van der Waals surface area (Å²) in [6, 6.07) is 4.29. The Kier molecular flexibility index (Phi) is 6.19. The van der Waals surface area contributed by atoms with Crippen molar-refractivity contribution < 1.29 is 14.3 Å². The highest BCUT2D eigenvalue weighted by Crippen LogP contribution is 2.42. The molecular weight excluding hydrogens is 460 g/mol. The summed E-state index contributed by atoms with van der Waals surface area (Å²) in [6.45, 7) is 8.68. The van der Waals surface area contributed by atoms with Crippen LogP contribution in [0.4, 0.5) is 5.69 Å². The number of halogens is 1. The van der Waals surface area contributed by atoms with Gasteiger partial charge in [0.15, 0.2) is 6.29 Å². The van der Waals surface area contributed by atoms with E-state index in [2.05, 4.69) is 56.6 Å². The second-order valence-electron chi connectivity index (χ2n) is 8.75. The Morgan fingerprint density at radius 3 is 2.52 bits per heavy atom. The maximum absolute atomic E-state index is 13.1. The Morgan fingerprint density at radius 2 is 1.90 bits per heavy atom. The van der Waals surface area contributed by atoms with Crippen molar-refractivity contribution in [3.8, 4) is 0 Å². The number of esters is 1. The van der Waals surface area contributed by atoms with Crippen LogP contribution in [0, 0.1) is 19.8 Å². The average Bonchev–Trinajstić information content (AvgIpc) is 3.36. The lowest BCUT2D eigenvalue weighted by molar-refractivity contribution is -0.141. The molecule has 8 heteroatoms. The molecular formula is C23H31BrN4O3. The van der Waals surface area contributed by atoms with E-state index in [-0.39, 0.29) is 24.6 Å². The average molecular weight is 491 g/mol. The van der Waals surface area contributed by atoms with Gasteiger partial charge in [0.2, 0.25) is 5.91 Å². The van der Waals surface area contributed by atoms with Gasteiger partial charge in [-0.15, -0.1) is 0 Å². The van der Waals surface area contributed by atoms with Crippen molar-refractivity contribution in [2.75, 3.05) is 31.1 Å². The van der Waals surface area contributed by atoms with E-state index in [9.17, 15) is 9.59 Å². The van der Waals surface area contributed by atoms with Crippen LogP contribution in [-0.4, -0.2) is 54.2 Å². The quantitative estimate of drug-likeness (QED) is 0.563. The fraction of sp³-hybridized carbons (Fsp3) is 0.565. The molecule has 31 heavy (non-hydrogen) atoms. The summed E-state index contributed by atoms with van der Waals surface area (Å²) in [7, 11) is 0. The summed E-state index contributed by atoms with van der Waals surface area (Å²) in [5, 5.41) is 0. The lowest BCUT2D eigenvalue weighted by Crippen LogP contribution is -2.48. The molecule has 1 amide bonds. The summed E-state index contributed by atoms with van der Waals surface area (Å²) in [5.41, 5.74) is 10.5. The normalized spacial score (nSPS) is 20.5. The van der Waals surface area contributed by atoms with Gasteiger partial charge < -0.3 is 25.2 Å². The van der Waals surface area contributed by atoms with E-state index in [4.69, 9.17) is 10.5 Å². The molecule has 2 fully saturated rings. The fourth-order valence-corrected chi connectivity index (χ4v) is 5.65. The minimum absolute atomic E-state index is 0.171. The van der Waals surface area contributed by atoms with Gasteiger partial charge in [-0.2, -0.15) is 0 Å². The summed E-state index contributed by atoms with van der Waals surface area (Å²) in [4.78, 5) is 31.3. The van der Waals surface area contributed by atoms with E-state index in [0.29, 0.717) is 31.2 Å². The van der Waals surface area contributed by atoms with Crippen molar-refractivity contribution in [3.05, 3.63) is 39.1 Å². The largest absolute Gasteiger partial charge is 0.461 e. The van der Waals surface area contributed by atoms with Crippen molar-refractivity contribution in [1.29, 1.82) is 0 Å². The molecule has 2 heterocycles. The first-order valence-corrected chi connectivity index (χ1v) is 11.9. The number of ether oxygens (including phenoxy) is 1. The second kappa shape index (κ2) is 8.73. The summed E-state index contributed by atoms with van der Waals surface area (Å²) in [5.74, 6) is -0.0834. The van der Waals surface area contributed by atoms with Crippen LogP contribution in [0.25, 0.3) is 0 Å². The lowest BCUT2D eigenvalue weighted by Gasteiger charge is -2.37. The number of hydrogen-bond acceptors (Lipinski definition) is 6. The molecule has 0 aromatic heterocycles. The highest BCUT2D eigenvalue weighted by Gasteiger charge is 2.48. The number of amides is 1. The highest BCUT2D eigenvalue weighted by atomic mass is 79.9. The predicted octanol–water partition coefficient (Wildman–Crippen LogP) is 3.24. The number of benzene rings is 1. The molecule has 1 saturated carbocycles. The lowest BCUT2D eigenvalue weighted by atomic mass is 10.1. The second-order valence-corrected chi connectivity index (χ2v) is 9.60. The number of aryl methyl sites for hydroxylation is 2. The van der Waals surface area contributed by atoms with Crippen molar-refractivity contribution in [2.45, 2.75) is 52.7 Å². The van der Waals surface area contributed by atoms with Crippen molar-refractivity contribution >= 4 is 33.5 Å². The molecule has 4 rings (SSSR count). The SMILES string of the molecule is CCC1=C(C(=O)OCC2CC2)N2CCN(c3c(C)cc(C)cc3Br)C2N1CCC(N)=O. The zero-order valence-corrected chi connectivity index (χ0v) is 20.1. The maximum atomic E-state index is 13.1. The van der Waals surface area contributed by atoms with Crippen LogP contribution in [0.1, 0.15) is 43.7 Å². The van der Waals surface area contributed by atoms with Crippen LogP contribution >= 0.6 is 15.9 Å². The monoisotopic (exact) mass is 490 g/mol. The third-order valence-corrected chi connectivity index (χ3v) is 6.89. The highest BCUT2D eigenvalue weighted by molar-refractivity contribution is 9.10. The number of carbonyl (C=O) groups is 2. The van der Waals surface area contributed by atoms with Gasteiger partial charge in [0.25, 0.3) is 0 Å². The fourth-order valence-electron chi connectivity index (χ4n) is 4.75. The third-order valence-electron chi connectivity index (χ3n) is 6.29. The van der Waals surface area contributed by atoms with Crippen molar-refractivity contribution in [2.24, 2.45) is 11.7 Å². The minimum atomic E-state index is -0.344. The Morgan fingerprint density at radius 1 is 1.19 bits per heavy atom. The molecule has 1 saturated heterocycles. The van der Waals surface area contributed by atoms with Crippen LogP contribution in [-0.2, 0) is 14.3 Å². The predicted molar refractivity (Wildman–Crippen MR) is 123 cm³/mol. The first-order chi connectivity index (χ1) is 14.8. The molecule has 0 radical (unpaired) electrons.